The molecule has 0 saturated heterocycles. The van der Waals surface area contributed by atoms with Crippen LogP contribution in [0.3, 0.4) is 0 Å². The van der Waals surface area contributed by atoms with E-state index in [1.54, 1.807) is 37.3 Å². The Bertz CT molecular complexity index is 575. The van der Waals surface area contributed by atoms with Crippen molar-refractivity contribution in [3.63, 3.8) is 0 Å². The van der Waals surface area contributed by atoms with Gasteiger partial charge in [0.05, 0.1) is 10.9 Å². The fourth-order valence-corrected chi connectivity index (χ4v) is 1.59. The summed E-state index contributed by atoms with van der Waals surface area (Å²) in [5, 5.41) is 2.19. The Kier molecular flexibility index (Phi) is 2.49. The molecule has 0 aliphatic heterocycles. The largest absolute Gasteiger partial charge is 0.313 e. The average Bonchev–Trinajstić information content (AvgIpc) is 2.28. The van der Waals surface area contributed by atoms with Gasteiger partial charge in [-0.15, -0.1) is 0 Å². The van der Waals surface area contributed by atoms with Crippen LogP contribution in [-0.4, -0.2) is 23.8 Å². The third kappa shape index (κ3) is 1.49. The Hall–Kier alpha value is -2.08. The van der Waals surface area contributed by atoms with Crippen molar-refractivity contribution in [2.75, 3.05) is 24.5 Å². The first-order valence-electron chi connectivity index (χ1n) is 4.81. The minimum absolute atomic E-state index is 0.149. The molecule has 0 unspecified atom stereocenters. The second-order valence-electron chi connectivity index (χ2n) is 3.56. The number of nitrogens with two attached hydrogens (primary N) is 1. The molecular weight excluding hydrogens is 206 g/mol. The molecular formula is C10H13N5O. The van der Waals surface area contributed by atoms with Crippen molar-refractivity contribution in [3.8, 4) is 0 Å². The van der Waals surface area contributed by atoms with Crippen molar-refractivity contribution in [2.24, 2.45) is 5.84 Å². The first-order valence-corrected chi connectivity index (χ1v) is 4.81. The number of para-hydroxylation sites is 1. The van der Waals surface area contributed by atoms with E-state index in [0.29, 0.717) is 16.9 Å². The maximum Gasteiger partial charge on any atom is 0.281 e. The molecule has 2 aromatic rings. The number of hydrogen-bond acceptors (Lipinski definition) is 5. The molecule has 6 nitrogen and oxygen atoms in total. The van der Waals surface area contributed by atoms with Crippen LogP contribution in [0, 0.1) is 0 Å². The lowest BCUT2D eigenvalue weighted by molar-refractivity contribution is 0.698. The number of nitrogens with one attached hydrogen (secondary N) is 1. The number of benzene rings is 1. The topological polar surface area (TPSA) is 76.2 Å². The van der Waals surface area contributed by atoms with Crippen molar-refractivity contribution in [1.29, 1.82) is 0 Å². The van der Waals surface area contributed by atoms with E-state index < -0.39 is 0 Å². The summed E-state index contributed by atoms with van der Waals surface area (Å²) >= 11 is 0. The predicted octanol–water partition coefficient (Wildman–Crippen LogP) is -0.120. The summed E-state index contributed by atoms with van der Waals surface area (Å²) in [4.78, 5) is 16.4. The van der Waals surface area contributed by atoms with E-state index in [1.165, 1.54) is 4.68 Å². The molecule has 0 atom stereocenters. The van der Waals surface area contributed by atoms with E-state index in [0.717, 1.165) is 0 Å². The van der Waals surface area contributed by atoms with Gasteiger partial charge < -0.3 is 5.01 Å². The van der Waals surface area contributed by atoms with Crippen LogP contribution in [0.15, 0.2) is 29.1 Å². The van der Waals surface area contributed by atoms with E-state index in [-0.39, 0.29) is 5.56 Å². The summed E-state index contributed by atoms with van der Waals surface area (Å²) in [7, 11) is 3.50. The van der Waals surface area contributed by atoms with E-state index in [9.17, 15) is 4.79 Å². The lowest BCUT2D eigenvalue weighted by Crippen LogP contribution is -2.39. The molecule has 16 heavy (non-hydrogen) atoms. The predicted molar refractivity (Wildman–Crippen MR) is 63.9 cm³/mol. The van der Waals surface area contributed by atoms with E-state index in [2.05, 4.69) is 10.4 Å². The van der Waals surface area contributed by atoms with Gasteiger partial charge in [-0.2, -0.15) is 4.68 Å². The van der Waals surface area contributed by atoms with Gasteiger partial charge in [0.2, 0.25) is 5.95 Å². The molecule has 0 fully saturated rings. The average molecular weight is 219 g/mol. The highest BCUT2D eigenvalue weighted by molar-refractivity contribution is 5.78. The second kappa shape index (κ2) is 3.82. The van der Waals surface area contributed by atoms with Crippen molar-refractivity contribution >= 4 is 16.9 Å². The van der Waals surface area contributed by atoms with Gasteiger partial charge in [0.15, 0.2) is 0 Å². The summed E-state index contributed by atoms with van der Waals surface area (Å²) < 4.78 is 1.38. The summed E-state index contributed by atoms with van der Waals surface area (Å²) in [6.07, 6.45) is 0. The van der Waals surface area contributed by atoms with Gasteiger partial charge in [0, 0.05) is 14.1 Å². The van der Waals surface area contributed by atoms with Crippen molar-refractivity contribution in [1.82, 2.24) is 9.66 Å². The molecule has 84 valence electrons. The molecule has 0 aliphatic carbocycles. The van der Waals surface area contributed by atoms with Gasteiger partial charge in [0.25, 0.3) is 5.56 Å². The highest BCUT2D eigenvalue weighted by Gasteiger charge is 2.10. The van der Waals surface area contributed by atoms with Crippen LogP contribution in [0.5, 0.6) is 0 Å². The van der Waals surface area contributed by atoms with Gasteiger partial charge in [-0.1, -0.05) is 12.1 Å². The van der Waals surface area contributed by atoms with Gasteiger partial charge in [-0.05, 0) is 12.1 Å². The third-order valence-electron chi connectivity index (χ3n) is 2.28. The lowest BCUT2D eigenvalue weighted by atomic mass is 10.2. The number of nitrogen functional groups attached to an aromatic ring is 1. The second-order valence-corrected chi connectivity index (χ2v) is 3.56. The number of rotatable bonds is 2. The van der Waals surface area contributed by atoms with Gasteiger partial charge >= 0.3 is 0 Å². The Morgan fingerprint density at radius 1 is 1.38 bits per heavy atom. The smallest absolute Gasteiger partial charge is 0.281 e. The molecule has 1 aromatic carbocycles. The molecule has 0 radical (unpaired) electrons. The zero-order chi connectivity index (χ0) is 11.7. The van der Waals surface area contributed by atoms with Crippen molar-refractivity contribution in [2.45, 2.75) is 0 Å². The van der Waals surface area contributed by atoms with Crippen molar-refractivity contribution < 1.29 is 0 Å². The summed E-state index contributed by atoms with van der Waals surface area (Å²) in [6.45, 7) is 0. The molecule has 0 spiro atoms. The Morgan fingerprint density at radius 3 is 2.69 bits per heavy atom. The Morgan fingerprint density at radius 2 is 2.06 bits per heavy atom. The lowest BCUT2D eigenvalue weighted by Gasteiger charge is -2.19. The van der Waals surface area contributed by atoms with Gasteiger partial charge in [-0.3, -0.25) is 10.2 Å². The molecule has 3 N–H and O–H groups in total. The molecule has 2 rings (SSSR count). The first kappa shape index (κ1) is 10.4. The molecule has 6 heteroatoms. The number of hydrazine groups is 1. The van der Waals surface area contributed by atoms with E-state index in [1.807, 2.05) is 6.07 Å². The van der Waals surface area contributed by atoms with Crippen LogP contribution in [0.2, 0.25) is 0 Å². The Balaban J connectivity index is 2.88. The van der Waals surface area contributed by atoms with Crippen LogP contribution in [-0.2, 0) is 0 Å². The van der Waals surface area contributed by atoms with Crippen LogP contribution in [0.4, 0.5) is 5.95 Å². The minimum Gasteiger partial charge on any atom is -0.313 e. The zero-order valence-corrected chi connectivity index (χ0v) is 9.14. The van der Waals surface area contributed by atoms with E-state index >= 15 is 0 Å². The van der Waals surface area contributed by atoms with Crippen LogP contribution >= 0.6 is 0 Å². The number of anilines is 1. The number of nitrogens with zero attached hydrogens (tertiary/aromatic N) is 3. The maximum absolute atomic E-state index is 12.1. The molecule has 1 aromatic heterocycles. The first-order chi connectivity index (χ1) is 7.65. The molecule has 0 bridgehead atoms. The van der Waals surface area contributed by atoms with Crippen LogP contribution < -0.4 is 21.8 Å². The molecule has 1 heterocycles. The Labute approximate surface area is 92.2 Å². The third-order valence-corrected chi connectivity index (χ3v) is 2.28. The summed E-state index contributed by atoms with van der Waals surface area (Å²) in [6, 6.07) is 7.15. The normalized spacial score (nSPS) is 10.4. The number of fused-ring (bicyclic) bond motifs is 1. The maximum atomic E-state index is 12.1. The quantitative estimate of drug-likeness (QED) is 0.544. The molecule has 0 aliphatic rings. The van der Waals surface area contributed by atoms with Gasteiger partial charge in [-0.25, -0.2) is 10.8 Å². The molecule has 0 amide bonds. The summed E-state index contributed by atoms with van der Waals surface area (Å²) in [5.41, 5.74) is 2.89. The van der Waals surface area contributed by atoms with Crippen LogP contribution in [0.25, 0.3) is 10.9 Å². The van der Waals surface area contributed by atoms with E-state index in [4.69, 9.17) is 5.84 Å². The SMILES string of the molecule is CN(C)n1c(NN)nc2ccccc2c1=O. The fourth-order valence-electron chi connectivity index (χ4n) is 1.59. The van der Waals surface area contributed by atoms with Gasteiger partial charge in [0.1, 0.15) is 0 Å². The number of aromatic nitrogens is 2. The minimum atomic E-state index is -0.149. The standard InChI is InChI=1S/C10H13N5O/c1-14(2)15-9(16)7-5-3-4-6-8(7)12-10(15)13-11/h3-6H,11H2,1-2H3,(H,12,13). The van der Waals surface area contributed by atoms with Crippen molar-refractivity contribution in [3.05, 3.63) is 34.6 Å². The monoisotopic (exact) mass is 219 g/mol. The zero-order valence-electron chi connectivity index (χ0n) is 9.14. The fraction of sp³-hybridized carbons (Fsp3) is 0.200. The molecule has 0 saturated carbocycles. The highest BCUT2D eigenvalue weighted by Crippen LogP contribution is 2.09. The summed E-state index contributed by atoms with van der Waals surface area (Å²) in [5.74, 6) is 5.66. The number of hydrogen-bond donors (Lipinski definition) is 2. The van der Waals surface area contributed by atoms with Crippen LogP contribution in [0.1, 0.15) is 0 Å². The highest BCUT2D eigenvalue weighted by atomic mass is 16.1.